The number of carboxylic acid groups (broad SMARTS) is 1. The minimum atomic E-state index is -0.875. The molecule has 2 N–H and O–H groups in total. The standard InChI is InChI=1S/C15H20O2.C8H8O2.C6H12O/c1-2-12-8-10-13(11-9-12)15(16)17-14-6-4-3-5-7-14;1-6-2-4-7(5-3-6)8(9)10;7-6-4-2-1-3-5-6/h8-11,14H,2-7H2,1H3;2-5H,1H3,(H,9,10);6-7H,1-5H2. The number of aryl methyl sites for hydroxylation is 2. The Morgan fingerprint density at radius 3 is 1.74 bits per heavy atom. The Morgan fingerprint density at radius 2 is 1.29 bits per heavy atom. The van der Waals surface area contributed by atoms with Crippen LogP contribution in [0.1, 0.15) is 103 Å². The van der Waals surface area contributed by atoms with Gasteiger partial charge in [-0.2, -0.15) is 0 Å². The Labute approximate surface area is 204 Å². The summed E-state index contributed by atoms with van der Waals surface area (Å²) in [6.45, 7) is 4.03. The minimum absolute atomic E-state index is 0.0359. The van der Waals surface area contributed by atoms with Crippen molar-refractivity contribution in [2.24, 2.45) is 0 Å². The zero-order valence-corrected chi connectivity index (χ0v) is 20.7. The van der Waals surface area contributed by atoms with E-state index in [1.807, 2.05) is 31.2 Å². The lowest BCUT2D eigenvalue weighted by molar-refractivity contribution is 0.0211. The average molecular weight is 469 g/mol. The van der Waals surface area contributed by atoms with Crippen LogP contribution in [-0.4, -0.2) is 34.4 Å². The molecule has 2 aromatic carbocycles. The number of rotatable bonds is 4. The highest BCUT2D eigenvalue weighted by atomic mass is 16.5. The first-order valence-corrected chi connectivity index (χ1v) is 12.7. The van der Waals surface area contributed by atoms with Gasteiger partial charge in [0.15, 0.2) is 0 Å². The minimum Gasteiger partial charge on any atom is -0.478 e. The molecule has 0 saturated heterocycles. The predicted octanol–water partition coefficient (Wildman–Crippen LogP) is 6.74. The van der Waals surface area contributed by atoms with E-state index in [-0.39, 0.29) is 18.2 Å². The molecule has 0 radical (unpaired) electrons. The molecule has 0 bridgehead atoms. The summed E-state index contributed by atoms with van der Waals surface area (Å²) in [6.07, 6.45) is 12.8. The number of aliphatic hydroxyl groups excluding tert-OH is 1. The zero-order chi connectivity index (χ0) is 24.8. The van der Waals surface area contributed by atoms with E-state index in [1.165, 1.54) is 44.1 Å². The summed E-state index contributed by atoms with van der Waals surface area (Å²) < 4.78 is 5.51. The quantitative estimate of drug-likeness (QED) is 0.485. The van der Waals surface area contributed by atoms with E-state index < -0.39 is 5.97 Å². The molecule has 2 fully saturated rings. The van der Waals surface area contributed by atoms with E-state index in [2.05, 4.69) is 6.92 Å². The molecule has 2 aromatic rings. The molecule has 0 aliphatic heterocycles. The molecule has 0 unspecified atom stereocenters. The molecule has 0 aromatic heterocycles. The Hall–Kier alpha value is -2.66. The molecule has 0 atom stereocenters. The summed E-state index contributed by atoms with van der Waals surface area (Å²) in [4.78, 5) is 22.2. The third kappa shape index (κ3) is 10.5. The lowest BCUT2D eigenvalue weighted by atomic mass is 9.98. The highest BCUT2D eigenvalue weighted by Gasteiger charge is 2.18. The van der Waals surface area contributed by atoms with Crippen LogP contribution >= 0.6 is 0 Å². The maximum Gasteiger partial charge on any atom is 0.338 e. The highest BCUT2D eigenvalue weighted by Crippen LogP contribution is 2.21. The number of carboxylic acids is 1. The normalized spacial score (nSPS) is 16.3. The molecule has 2 aliphatic carbocycles. The second kappa shape index (κ2) is 15.3. The van der Waals surface area contributed by atoms with Crippen molar-refractivity contribution in [3.05, 3.63) is 70.8 Å². The van der Waals surface area contributed by atoms with Crippen molar-refractivity contribution in [3.8, 4) is 0 Å². The first kappa shape index (κ1) is 27.6. The molecule has 0 spiro atoms. The van der Waals surface area contributed by atoms with Crippen molar-refractivity contribution < 1.29 is 24.5 Å². The van der Waals surface area contributed by atoms with Gasteiger partial charge in [-0.3, -0.25) is 0 Å². The number of hydrogen-bond donors (Lipinski definition) is 2. The molecule has 4 rings (SSSR count). The van der Waals surface area contributed by atoms with Crippen molar-refractivity contribution >= 4 is 11.9 Å². The van der Waals surface area contributed by atoms with Crippen LogP contribution in [0.4, 0.5) is 0 Å². The number of hydrogen-bond acceptors (Lipinski definition) is 4. The second-order valence-corrected chi connectivity index (χ2v) is 9.18. The molecule has 0 amide bonds. The maximum atomic E-state index is 11.9. The fraction of sp³-hybridized carbons (Fsp3) is 0.517. The lowest BCUT2D eigenvalue weighted by Crippen LogP contribution is -2.20. The molecule has 34 heavy (non-hydrogen) atoms. The van der Waals surface area contributed by atoms with Crippen LogP contribution in [0.15, 0.2) is 48.5 Å². The van der Waals surface area contributed by atoms with E-state index in [0.29, 0.717) is 11.1 Å². The average Bonchev–Trinajstić information content (AvgIpc) is 2.86. The number of aliphatic hydroxyl groups is 1. The maximum absolute atomic E-state index is 11.9. The summed E-state index contributed by atoms with van der Waals surface area (Å²) in [5.41, 5.74) is 3.34. The SMILES string of the molecule is CCc1ccc(C(=O)OC2CCCCC2)cc1.Cc1ccc(C(=O)O)cc1.OC1CCCCC1. The smallest absolute Gasteiger partial charge is 0.338 e. The third-order valence-corrected chi connectivity index (χ3v) is 6.30. The van der Waals surface area contributed by atoms with Crippen molar-refractivity contribution in [2.45, 2.75) is 96.7 Å². The van der Waals surface area contributed by atoms with Crippen LogP contribution in [-0.2, 0) is 11.2 Å². The number of carbonyl (C=O) groups excluding carboxylic acids is 1. The lowest BCUT2D eigenvalue weighted by Gasteiger charge is -2.21. The van der Waals surface area contributed by atoms with E-state index in [9.17, 15) is 9.59 Å². The molecular formula is C29H40O5. The van der Waals surface area contributed by atoms with E-state index >= 15 is 0 Å². The van der Waals surface area contributed by atoms with Crippen molar-refractivity contribution in [1.29, 1.82) is 0 Å². The van der Waals surface area contributed by atoms with Gasteiger partial charge in [0, 0.05) is 0 Å². The Morgan fingerprint density at radius 1 is 0.794 bits per heavy atom. The summed E-state index contributed by atoms with van der Waals surface area (Å²) in [5.74, 6) is -1.04. The van der Waals surface area contributed by atoms with Gasteiger partial charge >= 0.3 is 11.9 Å². The number of ether oxygens (including phenoxy) is 1. The van der Waals surface area contributed by atoms with Crippen molar-refractivity contribution in [3.63, 3.8) is 0 Å². The Kier molecular flexibility index (Phi) is 12.4. The first-order chi connectivity index (χ1) is 16.4. The van der Waals surface area contributed by atoms with Gasteiger partial charge in [0.05, 0.1) is 17.2 Å². The fourth-order valence-corrected chi connectivity index (χ4v) is 4.06. The zero-order valence-electron chi connectivity index (χ0n) is 20.7. The topological polar surface area (TPSA) is 83.8 Å². The monoisotopic (exact) mass is 468 g/mol. The number of aromatic carboxylic acids is 1. The second-order valence-electron chi connectivity index (χ2n) is 9.18. The van der Waals surface area contributed by atoms with E-state index in [0.717, 1.165) is 37.7 Å². The van der Waals surface area contributed by atoms with E-state index in [1.54, 1.807) is 24.3 Å². The van der Waals surface area contributed by atoms with Crippen LogP contribution in [0.5, 0.6) is 0 Å². The van der Waals surface area contributed by atoms with E-state index in [4.69, 9.17) is 14.9 Å². The Balaban J connectivity index is 0.000000202. The molecule has 2 aliphatic rings. The molecule has 186 valence electrons. The Bertz CT molecular complexity index is 845. The van der Waals surface area contributed by atoms with Crippen LogP contribution in [0, 0.1) is 6.92 Å². The van der Waals surface area contributed by atoms with Gasteiger partial charge < -0.3 is 14.9 Å². The van der Waals surface area contributed by atoms with Crippen LogP contribution in [0.3, 0.4) is 0 Å². The first-order valence-electron chi connectivity index (χ1n) is 12.7. The van der Waals surface area contributed by atoms with Gasteiger partial charge in [-0.15, -0.1) is 0 Å². The van der Waals surface area contributed by atoms with Crippen molar-refractivity contribution in [2.75, 3.05) is 0 Å². The number of esters is 1. The fourth-order valence-electron chi connectivity index (χ4n) is 4.06. The molecule has 5 heteroatoms. The van der Waals surface area contributed by atoms with Gasteiger partial charge in [0.25, 0.3) is 0 Å². The van der Waals surface area contributed by atoms with Crippen LogP contribution in [0.2, 0.25) is 0 Å². The largest absolute Gasteiger partial charge is 0.478 e. The summed E-state index contributed by atoms with van der Waals surface area (Å²) in [7, 11) is 0. The van der Waals surface area contributed by atoms with Gasteiger partial charge in [-0.25, -0.2) is 9.59 Å². The van der Waals surface area contributed by atoms with Crippen LogP contribution in [0.25, 0.3) is 0 Å². The summed E-state index contributed by atoms with van der Waals surface area (Å²) >= 11 is 0. The molecule has 0 heterocycles. The van der Waals surface area contributed by atoms with Crippen LogP contribution < -0.4 is 0 Å². The molecule has 5 nitrogen and oxygen atoms in total. The van der Waals surface area contributed by atoms with Crippen molar-refractivity contribution in [1.82, 2.24) is 0 Å². The van der Waals surface area contributed by atoms with Gasteiger partial charge in [0.1, 0.15) is 6.10 Å². The van der Waals surface area contributed by atoms with Gasteiger partial charge in [-0.05, 0) is 81.7 Å². The van der Waals surface area contributed by atoms with Gasteiger partial charge in [0.2, 0.25) is 0 Å². The molecular weight excluding hydrogens is 428 g/mol. The summed E-state index contributed by atoms with van der Waals surface area (Å²) in [6, 6.07) is 14.5. The van der Waals surface area contributed by atoms with Gasteiger partial charge in [-0.1, -0.05) is 62.4 Å². The highest BCUT2D eigenvalue weighted by molar-refractivity contribution is 5.89. The summed E-state index contributed by atoms with van der Waals surface area (Å²) in [5, 5.41) is 17.4. The third-order valence-electron chi connectivity index (χ3n) is 6.30. The molecule has 2 saturated carbocycles. The number of benzene rings is 2. The number of carbonyl (C=O) groups is 2. The predicted molar refractivity (Wildman–Crippen MR) is 135 cm³/mol.